The molecule has 0 atom stereocenters. The Hall–Kier alpha value is -0.770. The van der Waals surface area contributed by atoms with E-state index in [2.05, 4.69) is 16.4 Å². The number of carbonyl (C=O) groups excluding carboxylic acids is 1. The van der Waals surface area contributed by atoms with Gasteiger partial charge in [0.25, 0.3) is 0 Å². The van der Waals surface area contributed by atoms with Crippen LogP contribution in [-0.4, -0.2) is 19.5 Å². The van der Waals surface area contributed by atoms with Crippen LogP contribution < -0.4 is 5.73 Å². The lowest BCUT2D eigenvalue weighted by Gasteiger charge is -2.03. The summed E-state index contributed by atoms with van der Waals surface area (Å²) in [6.07, 6.45) is 3.66. The molecule has 0 radical (unpaired) electrons. The predicted molar refractivity (Wildman–Crippen MR) is 45.6 cm³/mol. The minimum atomic E-state index is -0.672. The van der Waals surface area contributed by atoms with Crippen molar-refractivity contribution in [2.45, 2.75) is 32.6 Å². The monoisotopic (exact) mass is 175 g/mol. The maximum Gasteiger partial charge on any atom is 0.509 e. The van der Waals surface area contributed by atoms with Crippen molar-refractivity contribution in [1.82, 2.24) is 0 Å². The lowest BCUT2D eigenvalue weighted by molar-refractivity contribution is 0.0559. The smallest absolute Gasteiger partial charge is 0.434 e. The van der Waals surface area contributed by atoms with Gasteiger partial charge in [-0.2, -0.15) is 0 Å². The molecule has 0 aromatic rings. The van der Waals surface area contributed by atoms with Gasteiger partial charge in [0.15, 0.2) is 0 Å². The third kappa shape index (κ3) is 7.34. The van der Waals surface area contributed by atoms with Gasteiger partial charge in [-0.05, 0) is 6.42 Å². The first kappa shape index (κ1) is 11.2. The molecule has 0 aliphatic carbocycles. The van der Waals surface area contributed by atoms with E-state index in [-0.39, 0.29) is 6.73 Å². The average molecular weight is 175 g/mol. The van der Waals surface area contributed by atoms with Gasteiger partial charge >= 0.3 is 6.16 Å². The summed E-state index contributed by atoms with van der Waals surface area (Å²) >= 11 is 0. The van der Waals surface area contributed by atoms with Crippen molar-refractivity contribution in [1.29, 1.82) is 0 Å². The van der Waals surface area contributed by atoms with Gasteiger partial charge in [-0.15, -0.1) is 0 Å². The Bertz CT molecular complexity index is 117. The van der Waals surface area contributed by atoms with Crippen LogP contribution in [0.15, 0.2) is 0 Å². The average Bonchev–Trinajstić information content (AvgIpc) is 2.05. The molecule has 0 saturated heterocycles. The number of carbonyl (C=O) groups is 1. The molecule has 4 nitrogen and oxygen atoms in total. The van der Waals surface area contributed by atoms with Gasteiger partial charge in [-0.3, -0.25) is 5.73 Å². The SMILES string of the molecule is CCCCCCOC(=O)OCN. The number of rotatable bonds is 6. The van der Waals surface area contributed by atoms with Crippen LogP contribution in [0.4, 0.5) is 4.79 Å². The van der Waals surface area contributed by atoms with E-state index >= 15 is 0 Å². The Morgan fingerprint density at radius 2 is 2.00 bits per heavy atom. The molecule has 0 aliphatic heterocycles. The molecule has 72 valence electrons. The zero-order valence-corrected chi connectivity index (χ0v) is 7.54. The summed E-state index contributed by atoms with van der Waals surface area (Å²) in [5.74, 6) is 0. The molecule has 0 amide bonds. The Morgan fingerprint density at radius 1 is 1.25 bits per heavy atom. The highest BCUT2D eigenvalue weighted by molar-refractivity contribution is 5.59. The Balaban J connectivity index is 3.03. The number of hydrogen-bond acceptors (Lipinski definition) is 4. The first-order valence-electron chi connectivity index (χ1n) is 4.31. The molecule has 0 aliphatic rings. The van der Waals surface area contributed by atoms with E-state index in [0.717, 1.165) is 12.8 Å². The molecule has 4 heteroatoms. The van der Waals surface area contributed by atoms with Gasteiger partial charge < -0.3 is 9.47 Å². The number of nitrogens with two attached hydrogens (primary N) is 1. The van der Waals surface area contributed by atoms with Gasteiger partial charge in [-0.1, -0.05) is 26.2 Å². The fourth-order valence-electron chi connectivity index (χ4n) is 0.794. The summed E-state index contributed by atoms with van der Waals surface area (Å²) in [4.78, 5) is 10.6. The van der Waals surface area contributed by atoms with E-state index in [4.69, 9.17) is 5.73 Å². The van der Waals surface area contributed by atoms with Crippen LogP contribution in [0.1, 0.15) is 32.6 Å². The van der Waals surface area contributed by atoms with Gasteiger partial charge in [0.2, 0.25) is 0 Å². The molecule has 0 aromatic carbocycles. The highest BCUT2D eigenvalue weighted by Gasteiger charge is 1.99. The molecule has 0 heterocycles. The quantitative estimate of drug-likeness (QED) is 0.378. The van der Waals surface area contributed by atoms with E-state index in [1.54, 1.807) is 0 Å². The van der Waals surface area contributed by atoms with Crippen LogP contribution in [0.3, 0.4) is 0 Å². The summed E-state index contributed by atoms with van der Waals surface area (Å²) in [5, 5.41) is 0. The fourth-order valence-corrected chi connectivity index (χ4v) is 0.794. The third-order valence-electron chi connectivity index (χ3n) is 1.42. The fraction of sp³-hybridized carbons (Fsp3) is 0.875. The number of hydrogen-bond donors (Lipinski definition) is 1. The third-order valence-corrected chi connectivity index (χ3v) is 1.42. The van der Waals surface area contributed by atoms with Crippen molar-refractivity contribution < 1.29 is 14.3 Å². The summed E-state index contributed by atoms with van der Waals surface area (Å²) in [7, 11) is 0. The normalized spacial score (nSPS) is 9.50. The lowest BCUT2D eigenvalue weighted by atomic mass is 10.2. The topological polar surface area (TPSA) is 61.5 Å². The molecule has 0 unspecified atom stereocenters. The molecule has 2 N–H and O–H groups in total. The van der Waals surface area contributed by atoms with Crippen LogP contribution in [0, 0.1) is 0 Å². The van der Waals surface area contributed by atoms with E-state index < -0.39 is 6.16 Å². The first-order chi connectivity index (χ1) is 5.81. The second-order valence-corrected chi connectivity index (χ2v) is 2.47. The molecular formula is C8H17NO3. The van der Waals surface area contributed by atoms with Crippen LogP contribution in [-0.2, 0) is 9.47 Å². The molecule has 0 spiro atoms. The van der Waals surface area contributed by atoms with Crippen LogP contribution in [0.25, 0.3) is 0 Å². The maximum absolute atomic E-state index is 10.6. The number of unbranched alkanes of at least 4 members (excludes halogenated alkanes) is 3. The Morgan fingerprint density at radius 3 is 2.58 bits per heavy atom. The molecule has 0 aromatic heterocycles. The minimum absolute atomic E-state index is 0.117. The van der Waals surface area contributed by atoms with Gasteiger partial charge in [0, 0.05) is 0 Å². The molecule has 0 rings (SSSR count). The van der Waals surface area contributed by atoms with Crippen molar-refractivity contribution in [3.63, 3.8) is 0 Å². The summed E-state index contributed by atoms with van der Waals surface area (Å²) in [6.45, 7) is 2.44. The molecule has 12 heavy (non-hydrogen) atoms. The zero-order chi connectivity index (χ0) is 9.23. The van der Waals surface area contributed by atoms with E-state index in [1.807, 2.05) is 0 Å². The lowest BCUT2D eigenvalue weighted by Crippen LogP contribution is -2.13. The van der Waals surface area contributed by atoms with Crippen molar-refractivity contribution in [3.05, 3.63) is 0 Å². The van der Waals surface area contributed by atoms with Crippen LogP contribution in [0.5, 0.6) is 0 Å². The van der Waals surface area contributed by atoms with E-state index in [1.165, 1.54) is 12.8 Å². The predicted octanol–water partition coefficient (Wildman–Crippen LogP) is 1.64. The summed E-state index contributed by atoms with van der Waals surface area (Å²) < 4.78 is 9.05. The van der Waals surface area contributed by atoms with Crippen LogP contribution >= 0.6 is 0 Å². The Labute approximate surface area is 73.0 Å². The van der Waals surface area contributed by atoms with Crippen LogP contribution in [0.2, 0.25) is 0 Å². The first-order valence-corrected chi connectivity index (χ1v) is 4.31. The summed E-state index contributed by atoms with van der Waals surface area (Å²) in [5.41, 5.74) is 4.96. The minimum Gasteiger partial charge on any atom is -0.434 e. The molecular weight excluding hydrogens is 158 g/mol. The zero-order valence-electron chi connectivity index (χ0n) is 7.54. The maximum atomic E-state index is 10.6. The second kappa shape index (κ2) is 8.33. The summed E-state index contributed by atoms with van der Waals surface area (Å²) in [6, 6.07) is 0. The highest BCUT2D eigenvalue weighted by Crippen LogP contribution is 1.99. The van der Waals surface area contributed by atoms with E-state index in [9.17, 15) is 4.79 Å². The molecule has 0 fully saturated rings. The van der Waals surface area contributed by atoms with Gasteiger partial charge in [0.05, 0.1) is 6.61 Å². The van der Waals surface area contributed by atoms with Crippen molar-refractivity contribution in [2.24, 2.45) is 5.73 Å². The highest BCUT2D eigenvalue weighted by atomic mass is 16.7. The number of ether oxygens (including phenoxy) is 2. The van der Waals surface area contributed by atoms with Gasteiger partial charge in [0.1, 0.15) is 6.73 Å². The Kier molecular flexibility index (Phi) is 7.79. The largest absolute Gasteiger partial charge is 0.509 e. The molecule has 0 saturated carbocycles. The van der Waals surface area contributed by atoms with Crippen molar-refractivity contribution in [2.75, 3.05) is 13.3 Å². The van der Waals surface area contributed by atoms with Crippen molar-refractivity contribution >= 4 is 6.16 Å². The van der Waals surface area contributed by atoms with Crippen molar-refractivity contribution in [3.8, 4) is 0 Å². The van der Waals surface area contributed by atoms with E-state index in [0.29, 0.717) is 6.61 Å². The second-order valence-electron chi connectivity index (χ2n) is 2.47. The van der Waals surface area contributed by atoms with Gasteiger partial charge in [-0.25, -0.2) is 4.79 Å². The standard InChI is InChI=1S/C8H17NO3/c1-2-3-4-5-6-11-8(10)12-7-9/h2-7,9H2,1H3. The molecule has 0 bridgehead atoms.